The van der Waals surface area contributed by atoms with Crippen molar-refractivity contribution >= 4 is 29.0 Å². The summed E-state index contributed by atoms with van der Waals surface area (Å²) in [6, 6.07) is 15.9. The molecule has 2 aromatic rings. The van der Waals surface area contributed by atoms with E-state index in [1.54, 1.807) is 0 Å². The molecular formula is C18H20ClN3O. The highest BCUT2D eigenvalue weighted by atomic mass is 35.5. The lowest BCUT2D eigenvalue weighted by Gasteiger charge is -2.09. The van der Waals surface area contributed by atoms with E-state index < -0.39 is 0 Å². The van der Waals surface area contributed by atoms with Crippen LogP contribution in [-0.2, 0) is 6.42 Å². The Kier molecular flexibility index (Phi) is 5.03. The quantitative estimate of drug-likeness (QED) is 0.741. The average molecular weight is 330 g/mol. The number of carbonyl (C=O) groups is 1. The smallest absolute Gasteiger partial charge is 0.319 e. The second-order valence-electron chi connectivity index (χ2n) is 5.75. The van der Waals surface area contributed by atoms with E-state index in [4.69, 9.17) is 11.6 Å². The maximum Gasteiger partial charge on any atom is 0.319 e. The Hall–Kier alpha value is -2.20. The van der Waals surface area contributed by atoms with Gasteiger partial charge in [-0.15, -0.1) is 0 Å². The molecule has 0 radical (unpaired) electrons. The standard InChI is InChI=1S/C18H20ClN3O/c19-14-3-1-13(2-4-14)11-12-20-15-5-7-16(8-6-15)21-18(23)22-17-9-10-17/h1-8,17,20H,9-12H2,(H2,21,22,23). The van der Waals surface area contributed by atoms with Gasteiger partial charge in [-0.05, 0) is 61.2 Å². The number of hydrogen-bond acceptors (Lipinski definition) is 2. The Morgan fingerprint density at radius 3 is 2.30 bits per heavy atom. The summed E-state index contributed by atoms with van der Waals surface area (Å²) in [7, 11) is 0. The molecule has 0 spiro atoms. The Morgan fingerprint density at radius 1 is 1.00 bits per heavy atom. The predicted molar refractivity (Wildman–Crippen MR) is 95.3 cm³/mol. The Bertz CT molecular complexity index is 651. The second-order valence-corrected chi connectivity index (χ2v) is 6.19. The molecule has 2 aromatic carbocycles. The van der Waals surface area contributed by atoms with Crippen LogP contribution in [0, 0.1) is 0 Å². The zero-order chi connectivity index (χ0) is 16.1. The molecule has 0 unspecified atom stereocenters. The van der Waals surface area contributed by atoms with Crippen molar-refractivity contribution in [1.29, 1.82) is 0 Å². The van der Waals surface area contributed by atoms with E-state index in [2.05, 4.69) is 16.0 Å². The summed E-state index contributed by atoms with van der Waals surface area (Å²) >= 11 is 5.87. The molecule has 0 bridgehead atoms. The molecule has 0 atom stereocenters. The zero-order valence-corrected chi connectivity index (χ0v) is 13.6. The molecule has 3 N–H and O–H groups in total. The molecule has 1 fully saturated rings. The molecule has 0 heterocycles. The molecule has 1 aliphatic rings. The SMILES string of the molecule is O=C(Nc1ccc(NCCc2ccc(Cl)cc2)cc1)NC1CC1. The van der Waals surface area contributed by atoms with Crippen molar-refractivity contribution in [3.05, 3.63) is 59.1 Å². The van der Waals surface area contributed by atoms with Crippen molar-refractivity contribution in [1.82, 2.24) is 5.32 Å². The van der Waals surface area contributed by atoms with E-state index in [1.807, 2.05) is 48.5 Å². The Labute approximate surface area is 141 Å². The van der Waals surface area contributed by atoms with Gasteiger partial charge in [0.1, 0.15) is 0 Å². The first-order valence-electron chi connectivity index (χ1n) is 7.85. The molecule has 23 heavy (non-hydrogen) atoms. The van der Waals surface area contributed by atoms with Crippen LogP contribution in [0.1, 0.15) is 18.4 Å². The first-order valence-corrected chi connectivity index (χ1v) is 8.23. The minimum absolute atomic E-state index is 0.129. The minimum Gasteiger partial charge on any atom is -0.385 e. The molecule has 4 nitrogen and oxygen atoms in total. The summed E-state index contributed by atoms with van der Waals surface area (Å²) in [5.41, 5.74) is 3.08. The highest BCUT2D eigenvalue weighted by molar-refractivity contribution is 6.30. The van der Waals surface area contributed by atoms with Crippen molar-refractivity contribution in [3.8, 4) is 0 Å². The van der Waals surface area contributed by atoms with Crippen LogP contribution in [-0.4, -0.2) is 18.6 Å². The summed E-state index contributed by atoms with van der Waals surface area (Å²) in [6.07, 6.45) is 3.11. The van der Waals surface area contributed by atoms with Gasteiger partial charge in [0.2, 0.25) is 0 Å². The van der Waals surface area contributed by atoms with Gasteiger partial charge < -0.3 is 16.0 Å². The fourth-order valence-electron chi connectivity index (χ4n) is 2.25. The molecule has 0 saturated heterocycles. The van der Waals surface area contributed by atoms with Gasteiger partial charge in [-0.2, -0.15) is 0 Å². The number of nitrogens with one attached hydrogen (secondary N) is 3. The first kappa shape index (κ1) is 15.7. The largest absolute Gasteiger partial charge is 0.385 e. The second kappa shape index (κ2) is 7.38. The van der Waals surface area contributed by atoms with E-state index in [-0.39, 0.29) is 6.03 Å². The summed E-state index contributed by atoms with van der Waals surface area (Å²) in [6.45, 7) is 0.844. The summed E-state index contributed by atoms with van der Waals surface area (Å²) in [5.74, 6) is 0. The van der Waals surface area contributed by atoms with Crippen LogP contribution in [0.25, 0.3) is 0 Å². The van der Waals surface area contributed by atoms with Crippen LogP contribution >= 0.6 is 11.6 Å². The monoisotopic (exact) mass is 329 g/mol. The third-order valence-corrected chi connectivity index (χ3v) is 3.96. The zero-order valence-electron chi connectivity index (χ0n) is 12.8. The van der Waals surface area contributed by atoms with E-state index in [9.17, 15) is 4.79 Å². The van der Waals surface area contributed by atoms with E-state index in [0.717, 1.165) is 42.2 Å². The van der Waals surface area contributed by atoms with Gasteiger partial charge in [0.15, 0.2) is 0 Å². The van der Waals surface area contributed by atoms with Gasteiger partial charge in [-0.25, -0.2) is 4.79 Å². The molecule has 1 aliphatic carbocycles. The van der Waals surface area contributed by atoms with Crippen LogP contribution in [0.15, 0.2) is 48.5 Å². The van der Waals surface area contributed by atoms with Crippen LogP contribution < -0.4 is 16.0 Å². The topological polar surface area (TPSA) is 53.2 Å². The van der Waals surface area contributed by atoms with Gasteiger partial charge in [0.25, 0.3) is 0 Å². The lowest BCUT2D eigenvalue weighted by molar-refractivity contribution is 0.251. The molecule has 5 heteroatoms. The summed E-state index contributed by atoms with van der Waals surface area (Å²) in [4.78, 5) is 11.7. The maximum absolute atomic E-state index is 11.7. The highest BCUT2D eigenvalue weighted by Gasteiger charge is 2.23. The lowest BCUT2D eigenvalue weighted by Crippen LogP contribution is -2.30. The van der Waals surface area contributed by atoms with E-state index in [0.29, 0.717) is 6.04 Å². The van der Waals surface area contributed by atoms with Gasteiger partial charge in [-0.3, -0.25) is 0 Å². The number of amides is 2. The first-order chi connectivity index (χ1) is 11.2. The molecule has 2 amide bonds. The minimum atomic E-state index is -0.129. The third kappa shape index (κ3) is 5.18. The van der Waals surface area contributed by atoms with Crippen molar-refractivity contribution < 1.29 is 4.79 Å². The van der Waals surface area contributed by atoms with Gasteiger partial charge in [-0.1, -0.05) is 23.7 Å². The number of urea groups is 1. The van der Waals surface area contributed by atoms with Gasteiger partial charge in [0, 0.05) is 29.0 Å². The van der Waals surface area contributed by atoms with E-state index in [1.165, 1.54) is 5.56 Å². The number of halogens is 1. The molecule has 3 rings (SSSR count). The maximum atomic E-state index is 11.7. The fourth-order valence-corrected chi connectivity index (χ4v) is 2.38. The van der Waals surface area contributed by atoms with Crippen LogP contribution in [0.5, 0.6) is 0 Å². The van der Waals surface area contributed by atoms with Gasteiger partial charge in [0.05, 0.1) is 0 Å². The summed E-state index contributed by atoms with van der Waals surface area (Å²) in [5, 5.41) is 9.86. The third-order valence-electron chi connectivity index (χ3n) is 3.71. The van der Waals surface area contributed by atoms with Gasteiger partial charge >= 0.3 is 6.03 Å². The molecule has 120 valence electrons. The number of anilines is 2. The van der Waals surface area contributed by atoms with Crippen molar-refractivity contribution in [2.45, 2.75) is 25.3 Å². The Morgan fingerprint density at radius 2 is 1.65 bits per heavy atom. The summed E-state index contributed by atoms with van der Waals surface area (Å²) < 4.78 is 0. The van der Waals surface area contributed by atoms with Crippen molar-refractivity contribution in [2.75, 3.05) is 17.2 Å². The van der Waals surface area contributed by atoms with Crippen LogP contribution in [0.2, 0.25) is 5.02 Å². The molecule has 1 saturated carbocycles. The molecule has 0 aromatic heterocycles. The molecule has 0 aliphatic heterocycles. The fraction of sp³-hybridized carbons (Fsp3) is 0.278. The van der Waals surface area contributed by atoms with E-state index >= 15 is 0 Å². The number of carbonyl (C=O) groups excluding carboxylic acids is 1. The molecular weight excluding hydrogens is 310 g/mol. The average Bonchev–Trinajstić information content (AvgIpc) is 3.35. The normalized spacial score (nSPS) is 13.4. The van der Waals surface area contributed by atoms with Crippen LogP contribution in [0.4, 0.5) is 16.2 Å². The Balaban J connectivity index is 1.43. The number of benzene rings is 2. The van der Waals surface area contributed by atoms with Crippen molar-refractivity contribution in [3.63, 3.8) is 0 Å². The predicted octanol–water partition coefficient (Wildman–Crippen LogP) is 4.28. The highest BCUT2D eigenvalue weighted by Crippen LogP contribution is 2.19. The van der Waals surface area contributed by atoms with Crippen LogP contribution in [0.3, 0.4) is 0 Å². The number of hydrogen-bond donors (Lipinski definition) is 3. The number of rotatable bonds is 6. The van der Waals surface area contributed by atoms with Crippen molar-refractivity contribution in [2.24, 2.45) is 0 Å². The lowest BCUT2D eigenvalue weighted by atomic mass is 10.1.